The van der Waals surface area contributed by atoms with Gasteiger partial charge in [0.2, 0.25) is 5.91 Å². The number of anilines is 1. The fraction of sp³-hybridized carbons (Fsp3) is 0.478. The Labute approximate surface area is 184 Å². The van der Waals surface area contributed by atoms with Crippen molar-refractivity contribution < 1.29 is 32.3 Å². The van der Waals surface area contributed by atoms with Gasteiger partial charge >= 0.3 is 12.1 Å². The molecule has 32 heavy (non-hydrogen) atoms. The van der Waals surface area contributed by atoms with Crippen LogP contribution in [0, 0.1) is 12.8 Å². The van der Waals surface area contributed by atoms with Crippen LogP contribution in [0.1, 0.15) is 37.4 Å². The predicted molar refractivity (Wildman–Crippen MR) is 112 cm³/mol. The summed E-state index contributed by atoms with van der Waals surface area (Å²) in [6.07, 6.45) is -4.20. The largest absolute Gasteiger partial charge is 0.490 e. The molecule has 1 N–H and O–H groups in total. The number of aliphatic carboxylic acids is 1. The van der Waals surface area contributed by atoms with Crippen LogP contribution in [0.3, 0.4) is 0 Å². The van der Waals surface area contributed by atoms with Crippen LogP contribution < -0.4 is 4.90 Å². The van der Waals surface area contributed by atoms with Gasteiger partial charge in [-0.05, 0) is 43.0 Å². The molecule has 3 heterocycles. The molecule has 174 valence electrons. The Bertz CT molecular complexity index is 986. The van der Waals surface area contributed by atoms with Crippen molar-refractivity contribution in [3.05, 3.63) is 53.5 Å². The number of benzene rings is 1. The molecule has 1 fully saturated rings. The SMILES string of the molecule is Cc1ccc(CN2CCC3(C2)C(=O)N(CC(C)C)c2ccccc23)o1.O=C(O)C(F)(F)F. The Balaban J connectivity index is 0.000000360. The monoisotopic (exact) mass is 452 g/mol. The van der Waals surface area contributed by atoms with E-state index in [0.717, 1.165) is 49.8 Å². The number of amides is 1. The maximum Gasteiger partial charge on any atom is 0.490 e. The molecular weight excluding hydrogens is 425 g/mol. The number of hydrogen-bond donors (Lipinski definition) is 1. The molecule has 1 saturated heterocycles. The number of alkyl halides is 3. The molecule has 0 radical (unpaired) electrons. The maximum atomic E-state index is 13.4. The molecule has 1 aromatic heterocycles. The number of furan rings is 1. The number of carbonyl (C=O) groups excluding carboxylic acids is 1. The lowest BCUT2D eigenvalue weighted by Gasteiger charge is -2.25. The van der Waals surface area contributed by atoms with Crippen LogP contribution in [-0.4, -0.2) is 47.7 Å². The minimum atomic E-state index is -5.08. The number of rotatable bonds is 4. The highest BCUT2D eigenvalue weighted by atomic mass is 19.4. The van der Waals surface area contributed by atoms with Crippen LogP contribution in [0.2, 0.25) is 0 Å². The van der Waals surface area contributed by atoms with E-state index in [1.165, 1.54) is 5.56 Å². The van der Waals surface area contributed by atoms with Crippen molar-refractivity contribution in [3.8, 4) is 0 Å². The fourth-order valence-electron chi connectivity index (χ4n) is 4.35. The topological polar surface area (TPSA) is 74.0 Å². The zero-order valence-electron chi connectivity index (χ0n) is 18.3. The van der Waals surface area contributed by atoms with Crippen LogP contribution in [0.4, 0.5) is 18.9 Å². The van der Waals surface area contributed by atoms with Gasteiger partial charge in [-0.3, -0.25) is 9.69 Å². The van der Waals surface area contributed by atoms with Gasteiger partial charge in [0.15, 0.2) is 0 Å². The third-order valence-corrected chi connectivity index (χ3v) is 5.68. The molecule has 0 bridgehead atoms. The van der Waals surface area contributed by atoms with Gasteiger partial charge in [0.05, 0.1) is 12.0 Å². The minimum absolute atomic E-state index is 0.278. The highest BCUT2D eigenvalue weighted by molar-refractivity contribution is 6.08. The Hall–Kier alpha value is -2.81. The Kier molecular flexibility index (Phi) is 6.69. The lowest BCUT2D eigenvalue weighted by Crippen LogP contribution is -2.43. The highest BCUT2D eigenvalue weighted by Crippen LogP contribution is 2.47. The van der Waals surface area contributed by atoms with Gasteiger partial charge in [0.25, 0.3) is 0 Å². The lowest BCUT2D eigenvalue weighted by molar-refractivity contribution is -0.192. The molecule has 2 aliphatic rings. The molecule has 2 aromatic rings. The summed E-state index contributed by atoms with van der Waals surface area (Å²) in [5.41, 5.74) is 1.93. The Morgan fingerprint density at radius 2 is 1.88 bits per heavy atom. The molecule has 1 unspecified atom stereocenters. The van der Waals surface area contributed by atoms with E-state index in [1.807, 2.05) is 30.0 Å². The van der Waals surface area contributed by atoms with Gasteiger partial charge in [0.1, 0.15) is 11.5 Å². The molecule has 9 heteroatoms. The summed E-state index contributed by atoms with van der Waals surface area (Å²) in [4.78, 5) is 26.7. The first-order valence-electron chi connectivity index (χ1n) is 10.4. The van der Waals surface area contributed by atoms with E-state index in [9.17, 15) is 18.0 Å². The molecule has 4 rings (SSSR count). The molecule has 2 aliphatic heterocycles. The second-order valence-corrected chi connectivity index (χ2v) is 8.68. The molecular formula is C23H27F3N2O4. The van der Waals surface area contributed by atoms with Crippen molar-refractivity contribution in [1.82, 2.24) is 4.90 Å². The normalized spacial score (nSPS) is 20.6. The number of para-hydroxylation sites is 1. The lowest BCUT2D eigenvalue weighted by atomic mass is 9.81. The first kappa shape index (κ1) is 23.8. The molecule has 1 amide bonds. The molecule has 0 aliphatic carbocycles. The number of fused-ring (bicyclic) bond motifs is 2. The second-order valence-electron chi connectivity index (χ2n) is 8.68. The third kappa shape index (κ3) is 4.82. The summed E-state index contributed by atoms with van der Waals surface area (Å²) in [7, 11) is 0. The third-order valence-electron chi connectivity index (χ3n) is 5.68. The van der Waals surface area contributed by atoms with Crippen molar-refractivity contribution in [2.75, 3.05) is 24.5 Å². The van der Waals surface area contributed by atoms with Gasteiger partial charge in [-0.15, -0.1) is 0 Å². The maximum absolute atomic E-state index is 13.4. The van der Waals surface area contributed by atoms with Crippen LogP contribution in [0.15, 0.2) is 40.8 Å². The van der Waals surface area contributed by atoms with Gasteiger partial charge in [-0.1, -0.05) is 32.0 Å². The zero-order chi connectivity index (χ0) is 23.7. The number of likely N-dealkylation sites (tertiary alicyclic amines) is 1. The van der Waals surface area contributed by atoms with Gasteiger partial charge in [0, 0.05) is 25.3 Å². The summed E-state index contributed by atoms with van der Waals surface area (Å²) in [5.74, 6) is -0.106. The van der Waals surface area contributed by atoms with Crippen molar-refractivity contribution in [2.45, 2.75) is 45.3 Å². The second kappa shape index (κ2) is 8.97. The molecule has 1 atom stereocenters. The quantitative estimate of drug-likeness (QED) is 0.746. The van der Waals surface area contributed by atoms with Gasteiger partial charge < -0.3 is 14.4 Å². The van der Waals surface area contributed by atoms with Gasteiger partial charge in [-0.2, -0.15) is 13.2 Å². The van der Waals surface area contributed by atoms with E-state index in [2.05, 4.69) is 36.9 Å². The van der Waals surface area contributed by atoms with Crippen LogP contribution in [-0.2, 0) is 21.5 Å². The summed E-state index contributed by atoms with van der Waals surface area (Å²) in [5, 5.41) is 7.12. The average Bonchev–Trinajstić information content (AvgIpc) is 3.37. The molecule has 6 nitrogen and oxygen atoms in total. The van der Waals surface area contributed by atoms with E-state index >= 15 is 0 Å². The van der Waals surface area contributed by atoms with Gasteiger partial charge in [-0.25, -0.2) is 4.79 Å². The number of halogens is 3. The highest BCUT2D eigenvalue weighted by Gasteiger charge is 2.54. The first-order valence-corrected chi connectivity index (χ1v) is 10.4. The first-order chi connectivity index (χ1) is 14.9. The van der Waals surface area contributed by atoms with Crippen molar-refractivity contribution in [2.24, 2.45) is 5.92 Å². The standard InChI is InChI=1S/C21H26N2O2.C2HF3O2/c1-15(2)12-23-19-7-5-4-6-18(19)21(20(23)24)10-11-22(14-21)13-17-9-8-16(3)25-17;3-2(4,5)1(6)7/h4-9,15H,10-14H2,1-3H3;(H,6,7). The van der Waals surface area contributed by atoms with E-state index in [0.29, 0.717) is 5.92 Å². The number of carboxylic acids is 1. The van der Waals surface area contributed by atoms with Crippen molar-refractivity contribution >= 4 is 17.6 Å². The van der Waals surface area contributed by atoms with Crippen LogP contribution in [0.5, 0.6) is 0 Å². The van der Waals surface area contributed by atoms with Crippen molar-refractivity contribution in [1.29, 1.82) is 0 Å². The number of aryl methyl sites for hydroxylation is 1. The average molecular weight is 452 g/mol. The Morgan fingerprint density at radius 1 is 1.22 bits per heavy atom. The van der Waals surface area contributed by atoms with E-state index < -0.39 is 12.1 Å². The van der Waals surface area contributed by atoms with E-state index in [1.54, 1.807) is 0 Å². The van der Waals surface area contributed by atoms with Crippen molar-refractivity contribution in [3.63, 3.8) is 0 Å². The van der Waals surface area contributed by atoms with Crippen LogP contribution >= 0.6 is 0 Å². The van der Waals surface area contributed by atoms with E-state index in [4.69, 9.17) is 14.3 Å². The summed E-state index contributed by atoms with van der Waals surface area (Å²) >= 11 is 0. The summed E-state index contributed by atoms with van der Waals surface area (Å²) < 4.78 is 37.5. The minimum Gasteiger partial charge on any atom is -0.475 e. The predicted octanol–water partition coefficient (Wildman–Crippen LogP) is 4.37. The smallest absolute Gasteiger partial charge is 0.475 e. The number of nitrogens with zero attached hydrogens (tertiary/aromatic N) is 2. The summed E-state index contributed by atoms with van der Waals surface area (Å²) in [6, 6.07) is 12.4. The zero-order valence-corrected chi connectivity index (χ0v) is 18.3. The molecule has 1 aromatic carbocycles. The number of hydrogen-bond acceptors (Lipinski definition) is 4. The summed E-state index contributed by atoms with van der Waals surface area (Å²) in [6.45, 7) is 9.56. The number of carbonyl (C=O) groups is 2. The molecule has 1 spiro atoms. The van der Waals surface area contributed by atoms with Crippen LogP contribution in [0.25, 0.3) is 0 Å². The number of carboxylic acid groups (broad SMARTS) is 1. The Morgan fingerprint density at radius 3 is 2.44 bits per heavy atom. The molecule has 0 saturated carbocycles. The van der Waals surface area contributed by atoms with E-state index in [-0.39, 0.29) is 11.3 Å². The fourth-order valence-corrected chi connectivity index (χ4v) is 4.35.